The average molecular weight is 466 g/mol. The Hall–Kier alpha value is -1.35. The van der Waals surface area contributed by atoms with Gasteiger partial charge in [0.05, 0.1) is 22.6 Å². The van der Waals surface area contributed by atoms with Crippen molar-refractivity contribution in [3.05, 3.63) is 45.6 Å². The summed E-state index contributed by atoms with van der Waals surface area (Å²) in [5.41, 5.74) is 1.38. The van der Waals surface area contributed by atoms with Gasteiger partial charge in [-0.25, -0.2) is 18.4 Å². The molecule has 2 aromatic heterocycles. The number of anilines is 1. The van der Waals surface area contributed by atoms with Gasteiger partial charge in [-0.3, -0.25) is 0 Å². The van der Waals surface area contributed by atoms with Crippen molar-refractivity contribution in [3.63, 3.8) is 0 Å². The van der Waals surface area contributed by atoms with Crippen molar-refractivity contribution < 1.29 is 8.42 Å². The van der Waals surface area contributed by atoms with Crippen LogP contribution >= 0.6 is 34.7 Å². The molecule has 5 rings (SSSR count). The number of thioether (sulfide) groups is 1. The molecule has 3 aromatic rings. The zero-order valence-electron chi connectivity index (χ0n) is 15.7. The monoisotopic (exact) mass is 465 g/mol. The number of benzene rings is 1. The van der Waals surface area contributed by atoms with Crippen LogP contribution < -0.4 is 4.90 Å². The van der Waals surface area contributed by atoms with Crippen LogP contribution in [0.25, 0.3) is 10.2 Å². The standard InChI is InChI=1S/C20H20ClN3O2S3/c21-13-4-6-14(7-5-13)27-12-17-22-19(24-8-10-29(25,26)11-9-24)18-15-2-1-3-16(15)28-20(18)23-17/h4-7H,1-3,8-12H2. The predicted molar refractivity (Wildman–Crippen MR) is 121 cm³/mol. The molecule has 0 N–H and O–H groups in total. The Morgan fingerprint density at radius 3 is 2.62 bits per heavy atom. The van der Waals surface area contributed by atoms with E-state index >= 15 is 0 Å². The Kier molecular flexibility index (Phi) is 5.22. The SMILES string of the molecule is O=S1(=O)CCN(c2nc(CSc3ccc(Cl)cc3)nc3sc4c(c23)CCC4)CC1. The molecule has 1 fully saturated rings. The first-order valence-electron chi connectivity index (χ1n) is 9.63. The number of hydrogen-bond acceptors (Lipinski definition) is 7. The lowest BCUT2D eigenvalue weighted by Gasteiger charge is -2.28. The molecule has 152 valence electrons. The number of aromatic nitrogens is 2. The van der Waals surface area contributed by atoms with Gasteiger partial charge in [-0.15, -0.1) is 23.1 Å². The lowest BCUT2D eigenvalue weighted by Crippen LogP contribution is -2.41. The van der Waals surface area contributed by atoms with E-state index in [1.165, 1.54) is 16.9 Å². The molecule has 0 spiro atoms. The van der Waals surface area contributed by atoms with E-state index < -0.39 is 9.84 Å². The molecule has 0 unspecified atom stereocenters. The van der Waals surface area contributed by atoms with E-state index in [4.69, 9.17) is 21.6 Å². The van der Waals surface area contributed by atoms with Gasteiger partial charge >= 0.3 is 0 Å². The van der Waals surface area contributed by atoms with E-state index in [9.17, 15) is 8.42 Å². The molecule has 1 aliphatic carbocycles. The minimum atomic E-state index is -2.93. The summed E-state index contributed by atoms with van der Waals surface area (Å²) in [6.07, 6.45) is 3.36. The van der Waals surface area contributed by atoms with Crippen molar-refractivity contribution in [2.45, 2.75) is 29.9 Å². The quantitative estimate of drug-likeness (QED) is 0.533. The lowest BCUT2D eigenvalue weighted by molar-refractivity contribution is 0.586. The second-order valence-corrected chi connectivity index (χ2v) is 12.3. The third-order valence-electron chi connectivity index (χ3n) is 5.42. The van der Waals surface area contributed by atoms with E-state index in [0.29, 0.717) is 18.8 Å². The summed E-state index contributed by atoms with van der Waals surface area (Å²) >= 11 is 9.44. The number of aryl methyl sites for hydroxylation is 2. The van der Waals surface area contributed by atoms with Gasteiger partial charge in [0.1, 0.15) is 16.5 Å². The lowest BCUT2D eigenvalue weighted by atomic mass is 10.2. The first kappa shape index (κ1) is 19.6. The zero-order valence-corrected chi connectivity index (χ0v) is 18.9. The molecule has 1 saturated heterocycles. The minimum absolute atomic E-state index is 0.194. The van der Waals surface area contributed by atoms with Crippen LogP contribution in [0.5, 0.6) is 0 Å². The number of nitrogens with zero attached hydrogens (tertiary/aromatic N) is 3. The van der Waals surface area contributed by atoms with Gasteiger partial charge in [0.2, 0.25) is 0 Å². The fraction of sp³-hybridized carbons (Fsp3) is 0.400. The van der Waals surface area contributed by atoms with Gasteiger partial charge in [0.15, 0.2) is 9.84 Å². The Morgan fingerprint density at radius 1 is 1.10 bits per heavy atom. The van der Waals surface area contributed by atoms with Gasteiger partial charge < -0.3 is 4.90 Å². The molecule has 5 nitrogen and oxygen atoms in total. The summed E-state index contributed by atoms with van der Waals surface area (Å²) in [5.74, 6) is 2.77. The Balaban J connectivity index is 1.50. The van der Waals surface area contributed by atoms with Crippen molar-refractivity contribution in [2.75, 3.05) is 29.5 Å². The number of rotatable bonds is 4. The van der Waals surface area contributed by atoms with Crippen molar-refractivity contribution >= 4 is 60.6 Å². The average Bonchev–Trinajstić information content (AvgIpc) is 3.28. The zero-order chi connectivity index (χ0) is 20.0. The Bertz CT molecular complexity index is 1160. The molecule has 2 aliphatic rings. The Morgan fingerprint density at radius 2 is 1.86 bits per heavy atom. The van der Waals surface area contributed by atoms with Crippen LogP contribution in [0, 0.1) is 0 Å². The fourth-order valence-corrected chi connectivity index (χ4v) is 7.27. The van der Waals surface area contributed by atoms with E-state index in [2.05, 4.69) is 4.90 Å². The molecule has 9 heteroatoms. The normalized spacial score (nSPS) is 18.3. The number of halogens is 1. The number of hydrogen-bond donors (Lipinski definition) is 0. The van der Waals surface area contributed by atoms with E-state index in [1.54, 1.807) is 23.1 Å². The maximum atomic E-state index is 11.9. The van der Waals surface area contributed by atoms with Crippen molar-refractivity contribution in [3.8, 4) is 0 Å². The highest BCUT2D eigenvalue weighted by atomic mass is 35.5. The molecule has 0 radical (unpaired) electrons. The van der Waals surface area contributed by atoms with Gasteiger partial charge in [-0.05, 0) is 49.1 Å². The van der Waals surface area contributed by atoms with E-state index in [1.807, 2.05) is 24.3 Å². The summed E-state index contributed by atoms with van der Waals surface area (Å²) in [4.78, 5) is 15.5. The first-order valence-corrected chi connectivity index (χ1v) is 13.6. The highest BCUT2D eigenvalue weighted by molar-refractivity contribution is 7.98. The van der Waals surface area contributed by atoms with Gasteiger partial charge in [-0.2, -0.15) is 0 Å². The minimum Gasteiger partial charge on any atom is -0.354 e. The summed E-state index contributed by atoms with van der Waals surface area (Å²) in [5, 5.41) is 1.88. The number of thiophene rings is 1. The third kappa shape index (κ3) is 4.00. The predicted octanol–water partition coefficient (Wildman–Crippen LogP) is 4.36. The van der Waals surface area contributed by atoms with Crippen LogP contribution in [0.1, 0.15) is 22.7 Å². The summed E-state index contributed by atoms with van der Waals surface area (Å²) in [6.45, 7) is 1.01. The van der Waals surface area contributed by atoms with Crippen molar-refractivity contribution in [1.29, 1.82) is 0 Å². The highest BCUT2D eigenvalue weighted by Gasteiger charge is 2.28. The first-order chi connectivity index (χ1) is 14.0. The third-order valence-corrected chi connectivity index (χ3v) is 9.47. The summed E-state index contributed by atoms with van der Waals surface area (Å²) < 4.78 is 23.8. The Labute approximate surface area is 183 Å². The molecule has 3 heterocycles. The second kappa shape index (κ2) is 7.72. The van der Waals surface area contributed by atoms with E-state index in [-0.39, 0.29) is 11.5 Å². The fourth-order valence-electron chi connectivity index (χ4n) is 3.92. The van der Waals surface area contributed by atoms with Crippen LogP contribution in [0.4, 0.5) is 5.82 Å². The molecular weight excluding hydrogens is 446 g/mol. The number of sulfone groups is 1. The van der Waals surface area contributed by atoms with Crippen LogP contribution in [0.15, 0.2) is 29.2 Å². The topological polar surface area (TPSA) is 63.2 Å². The van der Waals surface area contributed by atoms with Gasteiger partial charge in [0, 0.05) is 27.9 Å². The molecular formula is C20H20ClN3O2S3. The molecule has 0 amide bonds. The molecule has 0 bridgehead atoms. The van der Waals surface area contributed by atoms with Crippen molar-refractivity contribution in [1.82, 2.24) is 9.97 Å². The van der Waals surface area contributed by atoms with Gasteiger partial charge in [0.25, 0.3) is 0 Å². The largest absolute Gasteiger partial charge is 0.354 e. The second-order valence-electron chi connectivity index (χ2n) is 7.38. The maximum absolute atomic E-state index is 11.9. The van der Waals surface area contributed by atoms with Crippen molar-refractivity contribution in [2.24, 2.45) is 0 Å². The maximum Gasteiger partial charge on any atom is 0.153 e. The van der Waals surface area contributed by atoms with Crippen LogP contribution in [-0.2, 0) is 28.4 Å². The molecule has 1 aliphatic heterocycles. The molecule has 0 saturated carbocycles. The van der Waals surface area contributed by atoms with Crippen LogP contribution in [0.3, 0.4) is 0 Å². The van der Waals surface area contributed by atoms with E-state index in [0.717, 1.165) is 44.6 Å². The molecule has 1 aromatic carbocycles. The summed E-state index contributed by atoms with van der Waals surface area (Å²) in [7, 11) is -2.93. The van der Waals surface area contributed by atoms with Gasteiger partial charge in [-0.1, -0.05) is 11.6 Å². The molecule has 0 atom stereocenters. The highest BCUT2D eigenvalue weighted by Crippen LogP contribution is 2.41. The van der Waals surface area contributed by atoms with Crippen LogP contribution in [-0.4, -0.2) is 43.0 Å². The summed E-state index contributed by atoms with van der Waals surface area (Å²) in [6, 6.07) is 7.78. The molecule has 29 heavy (non-hydrogen) atoms. The van der Waals surface area contributed by atoms with Crippen LogP contribution in [0.2, 0.25) is 5.02 Å². The smallest absolute Gasteiger partial charge is 0.153 e. The number of fused-ring (bicyclic) bond motifs is 3.